The number of halogens is 3. The molecule has 0 saturated heterocycles. The summed E-state index contributed by atoms with van der Waals surface area (Å²) in [5, 5.41) is 2.59. The number of aromatic amines is 1. The number of alkyl halides is 1. The SMILES string of the molecule is COC(=O)Cc1[nH]n(-c2ccc(F)cc2Cl)c(=O)c1C(=O)CCl. The fraction of sp³-hybridized carbons (Fsp3) is 0.214. The van der Waals surface area contributed by atoms with Crippen molar-refractivity contribution in [2.45, 2.75) is 6.42 Å². The Morgan fingerprint density at radius 3 is 2.65 bits per heavy atom. The molecule has 6 nitrogen and oxygen atoms in total. The molecule has 0 radical (unpaired) electrons. The monoisotopic (exact) mass is 360 g/mol. The van der Waals surface area contributed by atoms with Gasteiger partial charge in [-0.3, -0.25) is 19.5 Å². The zero-order valence-electron chi connectivity index (χ0n) is 11.9. The maximum atomic E-state index is 13.1. The van der Waals surface area contributed by atoms with Gasteiger partial charge < -0.3 is 4.74 Å². The van der Waals surface area contributed by atoms with Gasteiger partial charge in [-0.2, -0.15) is 0 Å². The van der Waals surface area contributed by atoms with Gasteiger partial charge in [0.15, 0.2) is 5.78 Å². The summed E-state index contributed by atoms with van der Waals surface area (Å²) in [6, 6.07) is 3.40. The van der Waals surface area contributed by atoms with Crippen molar-refractivity contribution in [3.63, 3.8) is 0 Å². The number of methoxy groups -OCH3 is 1. The van der Waals surface area contributed by atoms with Crippen LogP contribution in [0.2, 0.25) is 5.02 Å². The van der Waals surface area contributed by atoms with Crippen molar-refractivity contribution in [1.29, 1.82) is 0 Å². The molecule has 2 rings (SSSR count). The number of Topliss-reactive ketones (excluding diaryl/α,β-unsaturated/α-hetero) is 1. The van der Waals surface area contributed by atoms with Gasteiger partial charge in [-0.1, -0.05) is 11.6 Å². The van der Waals surface area contributed by atoms with Gasteiger partial charge in [-0.15, -0.1) is 11.6 Å². The minimum atomic E-state index is -0.733. The predicted molar refractivity (Wildman–Crippen MR) is 82.1 cm³/mol. The third-order valence-electron chi connectivity index (χ3n) is 3.07. The van der Waals surface area contributed by atoms with E-state index in [0.717, 1.165) is 16.8 Å². The van der Waals surface area contributed by atoms with E-state index in [4.69, 9.17) is 23.2 Å². The molecule has 0 bridgehead atoms. The van der Waals surface area contributed by atoms with E-state index < -0.39 is 29.0 Å². The molecule has 1 heterocycles. The predicted octanol–water partition coefficient (Wildman–Crippen LogP) is 2.10. The minimum Gasteiger partial charge on any atom is -0.469 e. The average Bonchev–Trinajstić information content (AvgIpc) is 2.82. The van der Waals surface area contributed by atoms with Crippen LogP contribution < -0.4 is 5.56 Å². The average molecular weight is 361 g/mol. The standard InChI is InChI=1S/C14H11Cl2FN2O4/c1-23-12(21)5-9-13(11(20)6-15)14(22)19(18-9)10-3-2-7(17)4-8(10)16/h2-4,18H,5-6H2,1H3. The Balaban J connectivity index is 2.64. The zero-order chi connectivity index (χ0) is 17.1. The van der Waals surface area contributed by atoms with Crippen molar-refractivity contribution in [3.05, 3.63) is 50.7 Å². The molecular formula is C14H11Cl2FN2O4. The number of H-pyrrole nitrogens is 1. The summed E-state index contributed by atoms with van der Waals surface area (Å²) >= 11 is 11.4. The highest BCUT2D eigenvalue weighted by Crippen LogP contribution is 2.20. The fourth-order valence-corrected chi connectivity index (χ4v) is 2.40. The first kappa shape index (κ1) is 17.2. The van der Waals surface area contributed by atoms with Gasteiger partial charge in [0.1, 0.15) is 11.4 Å². The molecule has 0 aliphatic carbocycles. The molecule has 0 spiro atoms. The second-order valence-electron chi connectivity index (χ2n) is 4.51. The van der Waals surface area contributed by atoms with E-state index in [1.807, 2.05) is 0 Å². The van der Waals surface area contributed by atoms with Crippen molar-refractivity contribution in [2.24, 2.45) is 0 Å². The number of carbonyl (C=O) groups is 2. The van der Waals surface area contributed by atoms with E-state index in [1.165, 1.54) is 13.2 Å². The Hall–Kier alpha value is -2.12. The number of ether oxygens (including phenoxy) is 1. The molecule has 0 aliphatic rings. The van der Waals surface area contributed by atoms with Gasteiger partial charge in [0.25, 0.3) is 5.56 Å². The molecule has 1 aromatic heterocycles. The Morgan fingerprint density at radius 1 is 1.39 bits per heavy atom. The molecule has 2 aromatic rings. The van der Waals surface area contributed by atoms with Crippen LogP contribution >= 0.6 is 23.2 Å². The Bertz CT molecular complexity index is 829. The van der Waals surface area contributed by atoms with Crippen LogP contribution in [-0.2, 0) is 16.0 Å². The van der Waals surface area contributed by atoms with Crippen molar-refractivity contribution < 1.29 is 18.7 Å². The molecule has 0 aliphatic heterocycles. The highest BCUT2D eigenvalue weighted by Gasteiger charge is 2.23. The van der Waals surface area contributed by atoms with E-state index in [-0.39, 0.29) is 28.4 Å². The summed E-state index contributed by atoms with van der Waals surface area (Å²) in [4.78, 5) is 35.8. The third kappa shape index (κ3) is 3.46. The van der Waals surface area contributed by atoms with Crippen LogP contribution in [0.5, 0.6) is 0 Å². The summed E-state index contributed by atoms with van der Waals surface area (Å²) < 4.78 is 18.6. The van der Waals surface area contributed by atoms with Crippen LogP contribution in [0.4, 0.5) is 4.39 Å². The van der Waals surface area contributed by atoms with Crippen molar-refractivity contribution in [3.8, 4) is 5.69 Å². The van der Waals surface area contributed by atoms with E-state index >= 15 is 0 Å². The molecule has 1 aromatic carbocycles. The Morgan fingerprint density at radius 2 is 2.09 bits per heavy atom. The number of rotatable bonds is 5. The molecule has 0 atom stereocenters. The van der Waals surface area contributed by atoms with Crippen LogP contribution in [0.25, 0.3) is 5.69 Å². The number of nitrogens with one attached hydrogen (secondary N) is 1. The van der Waals surface area contributed by atoms with E-state index in [2.05, 4.69) is 9.84 Å². The van der Waals surface area contributed by atoms with Crippen LogP contribution in [0.3, 0.4) is 0 Å². The van der Waals surface area contributed by atoms with Crippen molar-refractivity contribution >= 4 is 35.0 Å². The normalized spacial score (nSPS) is 10.6. The number of benzene rings is 1. The largest absolute Gasteiger partial charge is 0.469 e. The third-order valence-corrected chi connectivity index (χ3v) is 3.61. The summed E-state index contributed by atoms with van der Waals surface area (Å²) in [6.07, 6.45) is -0.324. The van der Waals surface area contributed by atoms with Gasteiger partial charge in [0.05, 0.1) is 35.8 Å². The number of hydrogen-bond donors (Lipinski definition) is 1. The van der Waals surface area contributed by atoms with Crippen molar-refractivity contribution in [1.82, 2.24) is 9.78 Å². The molecule has 1 N–H and O–H groups in total. The highest BCUT2D eigenvalue weighted by molar-refractivity contribution is 6.32. The van der Waals surface area contributed by atoms with Gasteiger partial charge >= 0.3 is 5.97 Å². The quantitative estimate of drug-likeness (QED) is 0.502. The molecule has 0 unspecified atom stereocenters. The summed E-state index contributed by atoms with van der Waals surface area (Å²) in [5.41, 5.74) is -0.806. The Kier molecular flexibility index (Phi) is 5.23. The minimum absolute atomic E-state index is 0.0390. The Labute approximate surface area is 139 Å². The van der Waals surface area contributed by atoms with Crippen LogP contribution in [-0.4, -0.2) is 34.5 Å². The van der Waals surface area contributed by atoms with Crippen molar-refractivity contribution in [2.75, 3.05) is 13.0 Å². The fourth-order valence-electron chi connectivity index (χ4n) is 2.01. The smallest absolute Gasteiger partial charge is 0.311 e. The zero-order valence-corrected chi connectivity index (χ0v) is 13.4. The summed E-state index contributed by atoms with van der Waals surface area (Å²) in [7, 11) is 1.18. The maximum Gasteiger partial charge on any atom is 0.311 e. The number of ketones is 1. The van der Waals surface area contributed by atoms with Crippen LogP contribution in [0.15, 0.2) is 23.0 Å². The number of hydrogen-bond acceptors (Lipinski definition) is 4. The topological polar surface area (TPSA) is 81.2 Å². The molecule has 0 amide bonds. The summed E-state index contributed by atoms with van der Waals surface area (Å²) in [5.74, 6) is -2.31. The summed E-state index contributed by atoms with van der Waals surface area (Å²) in [6.45, 7) is 0. The molecule has 0 saturated carbocycles. The van der Waals surface area contributed by atoms with Crippen LogP contribution in [0, 0.1) is 5.82 Å². The number of esters is 1. The van der Waals surface area contributed by atoms with Gasteiger partial charge in [-0.25, -0.2) is 9.07 Å². The number of nitrogens with zero attached hydrogens (tertiary/aromatic N) is 1. The lowest BCUT2D eigenvalue weighted by Crippen LogP contribution is -2.21. The van der Waals surface area contributed by atoms with E-state index in [0.29, 0.717) is 0 Å². The number of aromatic nitrogens is 2. The molecule has 23 heavy (non-hydrogen) atoms. The second-order valence-corrected chi connectivity index (χ2v) is 5.19. The lowest BCUT2D eigenvalue weighted by Gasteiger charge is -2.04. The first-order valence-corrected chi connectivity index (χ1v) is 7.25. The molecule has 9 heteroatoms. The maximum absolute atomic E-state index is 13.1. The lowest BCUT2D eigenvalue weighted by atomic mass is 10.1. The second kappa shape index (κ2) is 6.97. The molecular weight excluding hydrogens is 350 g/mol. The van der Waals surface area contributed by atoms with E-state index in [9.17, 15) is 18.8 Å². The first-order chi connectivity index (χ1) is 10.9. The molecule has 122 valence electrons. The van der Waals surface area contributed by atoms with E-state index in [1.54, 1.807) is 0 Å². The van der Waals surface area contributed by atoms with Crippen LogP contribution in [0.1, 0.15) is 16.1 Å². The van der Waals surface area contributed by atoms with Gasteiger partial charge in [-0.05, 0) is 18.2 Å². The molecule has 0 fully saturated rings. The first-order valence-electron chi connectivity index (χ1n) is 6.34. The lowest BCUT2D eigenvalue weighted by molar-refractivity contribution is -0.139. The van der Waals surface area contributed by atoms with Gasteiger partial charge in [0.2, 0.25) is 0 Å². The van der Waals surface area contributed by atoms with Gasteiger partial charge in [0, 0.05) is 0 Å². The highest BCUT2D eigenvalue weighted by atomic mass is 35.5. The number of carbonyl (C=O) groups excluding carboxylic acids is 2.